The van der Waals surface area contributed by atoms with Crippen molar-refractivity contribution in [2.45, 2.75) is 6.29 Å². The van der Waals surface area contributed by atoms with Crippen LogP contribution >= 0.6 is 0 Å². The van der Waals surface area contributed by atoms with Gasteiger partial charge in [0.2, 0.25) is 6.29 Å². The molecule has 1 atom stereocenters. The van der Waals surface area contributed by atoms with E-state index in [2.05, 4.69) is 9.97 Å². The van der Waals surface area contributed by atoms with Gasteiger partial charge in [-0.1, -0.05) is 6.07 Å². The zero-order valence-electron chi connectivity index (χ0n) is 12.4. The molecule has 7 nitrogen and oxygen atoms in total. The minimum Gasteiger partial charge on any atom is -0.491 e. The molecule has 2 heterocycles. The number of nitrogens with two attached hydrogens (primary N) is 1. The van der Waals surface area contributed by atoms with Crippen molar-refractivity contribution in [2.75, 3.05) is 20.0 Å². The molecule has 2 aromatic heterocycles. The Morgan fingerprint density at radius 1 is 1.26 bits per heavy atom. The summed E-state index contributed by atoms with van der Waals surface area (Å²) in [4.78, 5) is 8.16. The molecule has 0 saturated heterocycles. The van der Waals surface area contributed by atoms with Crippen LogP contribution in [-0.4, -0.2) is 29.3 Å². The third-order valence-electron chi connectivity index (χ3n) is 3.38. The molecule has 3 N–H and O–H groups in total. The molecular weight excluding hydrogens is 305 g/mol. The van der Waals surface area contributed by atoms with Crippen LogP contribution in [0, 0.1) is 5.82 Å². The van der Waals surface area contributed by atoms with Crippen molar-refractivity contribution in [3.63, 3.8) is 0 Å². The summed E-state index contributed by atoms with van der Waals surface area (Å²) in [5.41, 5.74) is 6.01. The Hall–Kier alpha value is -2.71. The van der Waals surface area contributed by atoms with Gasteiger partial charge in [-0.05, 0) is 12.1 Å². The number of aromatic nitrogens is 2. The zero-order valence-corrected chi connectivity index (χ0v) is 12.4. The van der Waals surface area contributed by atoms with Crippen LogP contribution in [0.5, 0.6) is 5.75 Å². The molecule has 0 saturated carbocycles. The van der Waals surface area contributed by atoms with Gasteiger partial charge in [0.15, 0.2) is 28.8 Å². The molecular formula is C15H14FN3O4. The van der Waals surface area contributed by atoms with Gasteiger partial charge < -0.3 is 24.7 Å². The number of benzene rings is 1. The second kappa shape index (κ2) is 5.82. The van der Waals surface area contributed by atoms with Gasteiger partial charge >= 0.3 is 0 Å². The van der Waals surface area contributed by atoms with Crippen LogP contribution in [0.1, 0.15) is 12.0 Å². The van der Waals surface area contributed by atoms with E-state index in [9.17, 15) is 9.50 Å². The number of methoxy groups -OCH3 is 2. The van der Waals surface area contributed by atoms with Crippen molar-refractivity contribution >= 4 is 16.8 Å². The molecule has 3 rings (SSSR count). The zero-order chi connectivity index (χ0) is 16.6. The quantitative estimate of drug-likeness (QED) is 0.711. The first-order valence-corrected chi connectivity index (χ1v) is 6.65. The molecule has 0 aliphatic rings. The number of aliphatic hydroxyl groups is 1. The summed E-state index contributed by atoms with van der Waals surface area (Å²) < 4.78 is 29.6. The smallest absolute Gasteiger partial charge is 0.202 e. The molecule has 1 unspecified atom stereocenters. The van der Waals surface area contributed by atoms with Gasteiger partial charge in [0, 0.05) is 12.5 Å². The van der Waals surface area contributed by atoms with E-state index in [1.54, 1.807) is 12.1 Å². The van der Waals surface area contributed by atoms with Gasteiger partial charge in [0.25, 0.3) is 0 Å². The van der Waals surface area contributed by atoms with E-state index in [4.69, 9.17) is 19.6 Å². The Balaban J connectivity index is 2.22. The largest absolute Gasteiger partial charge is 0.491 e. The average Bonchev–Trinajstić information content (AvgIpc) is 3.03. The predicted molar refractivity (Wildman–Crippen MR) is 80.1 cm³/mol. The highest BCUT2D eigenvalue weighted by Gasteiger charge is 2.22. The molecule has 0 amide bonds. The number of nitrogens with zero attached hydrogens (tertiary/aromatic N) is 2. The number of rotatable bonds is 4. The summed E-state index contributed by atoms with van der Waals surface area (Å²) in [6.45, 7) is 0. The van der Waals surface area contributed by atoms with Crippen LogP contribution < -0.4 is 10.5 Å². The van der Waals surface area contributed by atoms with Crippen LogP contribution in [0.25, 0.3) is 22.4 Å². The lowest BCUT2D eigenvalue weighted by Gasteiger charge is -2.15. The van der Waals surface area contributed by atoms with Crippen LogP contribution in [0.15, 0.2) is 28.9 Å². The first kappa shape index (κ1) is 15.2. The van der Waals surface area contributed by atoms with Crippen LogP contribution in [-0.2, 0) is 4.74 Å². The number of ether oxygens (including phenoxy) is 2. The fourth-order valence-electron chi connectivity index (χ4n) is 2.26. The highest BCUT2D eigenvalue weighted by Crippen LogP contribution is 2.33. The van der Waals surface area contributed by atoms with E-state index in [1.165, 1.54) is 26.5 Å². The molecule has 1 aromatic carbocycles. The first-order chi connectivity index (χ1) is 11.1. The Labute approximate surface area is 130 Å². The lowest BCUT2D eigenvalue weighted by Crippen LogP contribution is -2.10. The van der Waals surface area contributed by atoms with E-state index in [1.807, 2.05) is 0 Å². The molecule has 8 heteroatoms. The maximum Gasteiger partial charge on any atom is 0.202 e. The predicted octanol–water partition coefficient (Wildman–Crippen LogP) is 2.26. The summed E-state index contributed by atoms with van der Waals surface area (Å²) in [5.74, 6) is -0.592. The van der Waals surface area contributed by atoms with Gasteiger partial charge in [-0.3, -0.25) is 0 Å². The molecule has 23 heavy (non-hydrogen) atoms. The standard InChI is InChI=1S/C15H14FN3O4/c1-21-12-10(15(20)22-2)18-14(19-13(12)17)8-4-3-7-5-6-23-11(7)9(8)16/h3-6,15,20H,1-2H3,(H2,17,18,19). The van der Waals surface area contributed by atoms with E-state index in [-0.39, 0.29) is 34.2 Å². The van der Waals surface area contributed by atoms with Gasteiger partial charge in [-0.2, -0.15) is 0 Å². The molecule has 0 aliphatic heterocycles. The second-order valence-electron chi connectivity index (χ2n) is 4.71. The Morgan fingerprint density at radius 3 is 2.74 bits per heavy atom. The highest BCUT2D eigenvalue weighted by molar-refractivity contribution is 5.83. The van der Waals surface area contributed by atoms with Gasteiger partial charge in [0.05, 0.1) is 18.9 Å². The summed E-state index contributed by atoms with van der Waals surface area (Å²) in [6, 6.07) is 4.83. The van der Waals surface area contributed by atoms with Gasteiger partial charge in [-0.15, -0.1) is 0 Å². The number of anilines is 1. The maximum atomic E-state index is 14.6. The van der Waals surface area contributed by atoms with Crippen molar-refractivity contribution < 1.29 is 23.4 Å². The van der Waals surface area contributed by atoms with E-state index >= 15 is 0 Å². The topological polar surface area (TPSA) is 104 Å². The van der Waals surface area contributed by atoms with Gasteiger partial charge in [0.1, 0.15) is 5.69 Å². The lowest BCUT2D eigenvalue weighted by atomic mass is 10.1. The fraction of sp³-hybridized carbons (Fsp3) is 0.200. The summed E-state index contributed by atoms with van der Waals surface area (Å²) >= 11 is 0. The molecule has 0 aliphatic carbocycles. The van der Waals surface area contributed by atoms with Crippen LogP contribution in [0.2, 0.25) is 0 Å². The number of nitrogen functional groups attached to an aromatic ring is 1. The highest BCUT2D eigenvalue weighted by atomic mass is 19.1. The first-order valence-electron chi connectivity index (χ1n) is 6.65. The minimum absolute atomic E-state index is 0.00907. The van der Waals surface area contributed by atoms with Crippen molar-refractivity contribution in [3.05, 3.63) is 36.0 Å². The molecule has 0 bridgehead atoms. The van der Waals surface area contributed by atoms with Crippen molar-refractivity contribution in [3.8, 4) is 17.1 Å². The molecule has 120 valence electrons. The number of fused-ring (bicyclic) bond motifs is 1. The van der Waals surface area contributed by atoms with E-state index < -0.39 is 12.1 Å². The second-order valence-corrected chi connectivity index (χ2v) is 4.71. The van der Waals surface area contributed by atoms with Crippen molar-refractivity contribution in [1.82, 2.24) is 9.97 Å². The van der Waals surface area contributed by atoms with Gasteiger partial charge in [-0.25, -0.2) is 14.4 Å². The average molecular weight is 319 g/mol. The number of halogens is 1. The third-order valence-corrected chi connectivity index (χ3v) is 3.38. The number of hydrogen-bond acceptors (Lipinski definition) is 7. The number of furan rings is 1. The minimum atomic E-state index is -1.38. The fourth-order valence-corrected chi connectivity index (χ4v) is 2.26. The van der Waals surface area contributed by atoms with Crippen LogP contribution in [0.3, 0.4) is 0 Å². The summed E-state index contributed by atoms with van der Waals surface area (Å²) in [5, 5.41) is 10.5. The Morgan fingerprint density at radius 2 is 2.04 bits per heavy atom. The number of hydrogen-bond donors (Lipinski definition) is 2. The Kier molecular flexibility index (Phi) is 3.85. The number of aliphatic hydroxyl groups excluding tert-OH is 1. The normalized spacial score (nSPS) is 12.5. The molecule has 0 radical (unpaired) electrons. The van der Waals surface area contributed by atoms with E-state index in [0.29, 0.717) is 5.39 Å². The SMILES string of the molecule is COc1c(N)nc(-c2ccc3ccoc3c2F)nc1C(O)OC. The van der Waals surface area contributed by atoms with Crippen molar-refractivity contribution in [2.24, 2.45) is 0 Å². The Bertz CT molecular complexity index is 865. The summed E-state index contributed by atoms with van der Waals surface area (Å²) in [7, 11) is 2.65. The summed E-state index contributed by atoms with van der Waals surface area (Å²) in [6.07, 6.45) is 0.00494. The molecule has 3 aromatic rings. The van der Waals surface area contributed by atoms with E-state index in [0.717, 1.165) is 0 Å². The molecule has 0 fully saturated rings. The van der Waals surface area contributed by atoms with Crippen molar-refractivity contribution in [1.29, 1.82) is 0 Å². The molecule has 0 spiro atoms. The monoisotopic (exact) mass is 319 g/mol. The third kappa shape index (κ3) is 2.47. The van der Waals surface area contributed by atoms with Crippen LogP contribution in [0.4, 0.5) is 10.2 Å². The maximum absolute atomic E-state index is 14.6. The lowest BCUT2D eigenvalue weighted by molar-refractivity contribution is -0.0810.